The van der Waals surface area contributed by atoms with Gasteiger partial charge in [-0.3, -0.25) is 9.59 Å². The molecule has 0 unspecified atom stereocenters. The summed E-state index contributed by atoms with van der Waals surface area (Å²) >= 11 is 0. The molecule has 0 radical (unpaired) electrons. The van der Waals surface area contributed by atoms with Crippen molar-refractivity contribution in [2.24, 2.45) is 5.73 Å². The average Bonchev–Trinajstić information content (AvgIpc) is 2.98. The van der Waals surface area contributed by atoms with Gasteiger partial charge in [0.25, 0.3) is 11.8 Å². The number of rotatable bonds is 6. The van der Waals surface area contributed by atoms with Crippen molar-refractivity contribution in [3.63, 3.8) is 0 Å². The molecule has 11 heteroatoms. The smallest absolute Gasteiger partial charge is 0.481 e. The van der Waals surface area contributed by atoms with Gasteiger partial charge in [-0.25, -0.2) is 8.78 Å². The number of alkyl halides is 5. The molecule has 0 bridgehead atoms. The summed E-state index contributed by atoms with van der Waals surface area (Å²) < 4.78 is 71.1. The summed E-state index contributed by atoms with van der Waals surface area (Å²) in [5.41, 5.74) is 4.55. The van der Waals surface area contributed by atoms with E-state index in [1.165, 1.54) is 24.3 Å². The highest BCUT2D eigenvalue weighted by Crippen LogP contribution is 2.35. The Bertz CT molecular complexity index is 1140. The number of aromatic nitrogens is 1. The molecule has 3 N–H and O–H groups in total. The number of nitrogens with zero attached hydrogens (tertiary/aromatic N) is 1. The molecule has 158 valence electrons. The molecule has 0 fully saturated rings. The summed E-state index contributed by atoms with van der Waals surface area (Å²) in [4.78, 5) is 22.6. The lowest BCUT2D eigenvalue weighted by Crippen LogP contribution is -2.19. The first kappa shape index (κ1) is 21.1. The monoisotopic (exact) mass is 428 g/mol. The largest absolute Gasteiger partial charge is 0.573 e. The number of ether oxygens (including phenoxy) is 1. The quantitative estimate of drug-likeness (QED) is 0.576. The number of primary amides is 1. The number of carboxylic acids is 1. The molecule has 0 atom stereocenters. The van der Waals surface area contributed by atoms with E-state index >= 15 is 0 Å². The van der Waals surface area contributed by atoms with Crippen LogP contribution in [0.2, 0.25) is 0 Å². The van der Waals surface area contributed by atoms with Crippen molar-refractivity contribution >= 4 is 22.8 Å². The van der Waals surface area contributed by atoms with Crippen LogP contribution in [0.4, 0.5) is 22.0 Å². The zero-order valence-electron chi connectivity index (χ0n) is 14.9. The number of amides is 1. The van der Waals surface area contributed by atoms with Gasteiger partial charge in [0.2, 0.25) is 0 Å². The van der Waals surface area contributed by atoms with E-state index in [1.807, 2.05) is 0 Å². The van der Waals surface area contributed by atoms with Gasteiger partial charge in [0.05, 0.1) is 5.52 Å². The van der Waals surface area contributed by atoms with Crippen molar-refractivity contribution in [2.45, 2.75) is 18.7 Å². The fourth-order valence-corrected chi connectivity index (χ4v) is 3.00. The minimum Gasteiger partial charge on any atom is -0.481 e. The van der Waals surface area contributed by atoms with Gasteiger partial charge < -0.3 is 20.1 Å². The molecule has 30 heavy (non-hydrogen) atoms. The zero-order chi connectivity index (χ0) is 22.3. The van der Waals surface area contributed by atoms with Gasteiger partial charge in [-0.05, 0) is 30.3 Å². The number of hydrogen-bond acceptors (Lipinski definition) is 3. The van der Waals surface area contributed by atoms with Gasteiger partial charge >= 0.3 is 12.3 Å². The third-order valence-corrected chi connectivity index (χ3v) is 4.16. The molecule has 1 heterocycles. The minimum absolute atomic E-state index is 0.0227. The van der Waals surface area contributed by atoms with Crippen molar-refractivity contribution in [3.05, 3.63) is 59.8 Å². The van der Waals surface area contributed by atoms with Gasteiger partial charge in [-0.1, -0.05) is 12.1 Å². The fourth-order valence-electron chi connectivity index (χ4n) is 3.00. The number of nitrogens with two attached hydrogens (primary N) is 1. The second-order valence-electron chi connectivity index (χ2n) is 6.32. The van der Waals surface area contributed by atoms with E-state index < -0.39 is 41.9 Å². The van der Waals surface area contributed by atoms with E-state index in [0.717, 1.165) is 28.8 Å². The molecule has 0 aliphatic rings. The molecule has 0 spiro atoms. The molecule has 1 aromatic heterocycles. The average molecular weight is 428 g/mol. The molecular weight excluding hydrogens is 415 g/mol. The topological polar surface area (TPSA) is 94.6 Å². The van der Waals surface area contributed by atoms with Crippen LogP contribution >= 0.6 is 0 Å². The highest BCUT2D eigenvalue weighted by atomic mass is 19.4. The highest BCUT2D eigenvalue weighted by Gasteiger charge is 2.35. The first-order valence-corrected chi connectivity index (χ1v) is 8.29. The second-order valence-corrected chi connectivity index (χ2v) is 6.32. The molecule has 0 aliphatic heterocycles. The fraction of sp³-hybridized carbons (Fsp3) is 0.158. The Balaban J connectivity index is 2.20. The van der Waals surface area contributed by atoms with Gasteiger partial charge in [0.1, 0.15) is 17.9 Å². The molecule has 1 amide bonds. The van der Waals surface area contributed by atoms with Crippen LogP contribution in [0.15, 0.2) is 48.5 Å². The normalized spacial score (nSPS) is 12.2. The number of carboxylic acid groups (broad SMARTS) is 1. The Morgan fingerprint density at radius 3 is 2.33 bits per heavy atom. The number of carbonyl (C=O) groups is 2. The lowest BCUT2D eigenvalue weighted by Gasteiger charge is -2.17. The lowest BCUT2D eigenvalue weighted by atomic mass is 10.0. The van der Waals surface area contributed by atoms with Crippen molar-refractivity contribution in [1.29, 1.82) is 0 Å². The third-order valence-electron chi connectivity index (χ3n) is 4.16. The van der Waals surface area contributed by atoms with Gasteiger partial charge in [-0.15, -0.1) is 13.2 Å². The van der Waals surface area contributed by atoms with Crippen LogP contribution in [0.1, 0.15) is 22.5 Å². The lowest BCUT2D eigenvalue weighted by molar-refractivity contribution is -0.274. The van der Waals surface area contributed by atoms with Crippen molar-refractivity contribution < 1.29 is 41.4 Å². The maximum atomic E-state index is 14.2. The maximum Gasteiger partial charge on any atom is 0.573 e. The van der Waals surface area contributed by atoms with Crippen molar-refractivity contribution in [1.82, 2.24) is 4.57 Å². The summed E-state index contributed by atoms with van der Waals surface area (Å²) in [6, 6.07) is 9.02. The van der Waals surface area contributed by atoms with Crippen molar-refractivity contribution in [2.75, 3.05) is 0 Å². The van der Waals surface area contributed by atoms with Crippen LogP contribution in [0.5, 0.6) is 5.75 Å². The Labute approximate surface area is 165 Å². The van der Waals surface area contributed by atoms with Gasteiger partial charge in [0, 0.05) is 22.7 Å². The summed E-state index contributed by atoms with van der Waals surface area (Å²) in [7, 11) is 0. The SMILES string of the molecule is NC(=O)c1cc2ccc(OC(F)(F)F)cc2n1-c1cccc(C(F)(F)CC(=O)O)c1. The Kier molecular flexibility index (Phi) is 5.15. The first-order valence-electron chi connectivity index (χ1n) is 8.29. The Hall–Kier alpha value is -3.63. The summed E-state index contributed by atoms with van der Waals surface area (Å²) in [5, 5.41) is 9.00. The van der Waals surface area contributed by atoms with Crippen LogP contribution in [0.25, 0.3) is 16.6 Å². The number of aliphatic carboxylic acids is 1. The van der Waals surface area contributed by atoms with E-state index in [9.17, 15) is 31.5 Å². The number of carbonyl (C=O) groups excluding carboxylic acids is 1. The summed E-state index contributed by atoms with van der Waals surface area (Å²) in [6.07, 6.45) is -6.43. The number of halogens is 5. The predicted octanol–water partition coefficient (Wildman–Crippen LogP) is 4.19. The summed E-state index contributed by atoms with van der Waals surface area (Å²) in [6.45, 7) is 0. The molecule has 2 aromatic carbocycles. The maximum absolute atomic E-state index is 14.2. The third kappa shape index (κ3) is 4.34. The molecule has 0 aliphatic carbocycles. The predicted molar refractivity (Wildman–Crippen MR) is 94.6 cm³/mol. The van der Waals surface area contributed by atoms with E-state index in [4.69, 9.17) is 10.8 Å². The van der Waals surface area contributed by atoms with Crippen LogP contribution in [-0.4, -0.2) is 27.9 Å². The number of hydrogen-bond donors (Lipinski definition) is 2. The molecular formula is C19H13F5N2O4. The molecule has 0 saturated carbocycles. The van der Waals surface area contributed by atoms with Crippen LogP contribution in [0, 0.1) is 0 Å². The van der Waals surface area contributed by atoms with E-state index in [1.54, 1.807) is 0 Å². The Morgan fingerprint density at radius 1 is 1.03 bits per heavy atom. The minimum atomic E-state index is -4.96. The van der Waals surface area contributed by atoms with E-state index in [2.05, 4.69) is 4.74 Å². The van der Waals surface area contributed by atoms with Gasteiger partial charge in [0.15, 0.2) is 0 Å². The molecule has 0 saturated heterocycles. The Morgan fingerprint density at radius 2 is 1.73 bits per heavy atom. The molecule has 6 nitrogen and oxygen atoms in total. The van der Waals surface area contributed by atoms with E-state index in [0.29, 0.717) is 5.39 Å². The standard InChI is InChI=1S/C19H13F5N2O4/c20-18(21,9-16(27)28)11-2-1-3-12(7-11)26-14-8-13(30-19(22,23)24)5-4-10(14)6-15(26)17(25)29/h1-8H,9H2,(H2,25,29)(H,27,28). The summed E-state index contributed by atoms with van der Waals surface area (Å²) in [5.74, 6) is -6.98. The molecule has 3 aromatic rings. The van der Waals surface area contributed by atoms with Gasteiger partial charge in [-0.2, -0.15) is 0 Å². The van der Waals surface area contributed by atoms with E-state index in [-0.39, 0.29) is 16.9 Å². The molecule has 3 rings (SSSR count). The van der Waals surface area contributed by atoms with Crippen LogP contribution < -0.4 is 10.5 Å². The number of fused-ring (bicyclic) bond motifs is 1. The zero-order valence-corrected chi connectivity index (χ0v) is 14.9. The van der Waals surface area contributed by atoms with Crippen LogP contribution in [0.3, 0.4) is 0 Å². The first-order chi connectivity index (χ1) is 13.9. The highest BCUT2D eigenvalue weighted by molar-refractivity contribution is 5.99. The van der Waals surface area contributed by atoms with Crippen molar-refractivity contribution in [3.8, 4) is 11.4 Å². The number of benzene rings is 2. The van der Waals surface area contributed by atoms with Crippen LogP contribution in [-0.2, 0) is 10.7 Å². The second kappa shape index (κ2) is 7.32.